The van der Waals surface area contributed by atoms with Crippen molar-refractivity contribution in [3.05, 3.63) is 120 Å². The first-order chi connectivity index (χ1) is 20.1. The van der Waals surface area contributed by atoms with Gasteiger partial charge in [0.05, 0.1) is 30.5 Å². The number of hydrogen-bond acceptors (Lipinski definition) is 7. The van der Waals surface area contributed by atoms with Crippen LogP contribution in [0.4, 0.5) is 0 Å². The summed E-state index contributed by atoms with van der Waals surface area (Å²) in [5, 5.41) is 0. The fraction of sp³-hybridized carbons (Fsp3) is 0.212. The van der Waals surface area contributed by atoms with E-state index < -0.39 is 0 Å². The largest absolute Gasteiger partial charge is 0.497 e. The maximum absolute atomic E-state index is 14.0. The second kappa shape index (κ2) is 10.4. The van der Waals surface area contributed by atoms with Crippen LogP contribution in [0, 0.1) is 0 Å². The zero-order valence-electron chi connectivity index (χ0n) is 22.8. The smallest absolute Gasteiger partial charge is 0.271 e. The quantitative estimate of drug-likeness (QED) is 0.332. The second-order valence-electron chi connectivity index (χ2n) is 10.1. The summed E-state index contributed by atoms with van der Waals surface area (Å²) in [5.74, 6) is 3.01. The molecule has 0 amide bonds. The first kappa shape index (κ1) is 25.4. The molecule has 1 unspecified atom stereocenters. The maximum Gasteiger partial charge on any atom is 0.271 e. The number of ether oxygens (including phenoxy) is 4. The molecule has 3 aliphatic rings. The summed E-state index contributed by atoms with van der Waals surface area (Å²) in [7, 11) is 3.33. The maximum atomic E-state index is 14.0. The van der Waals surface area contributed by atoms with Gasteiger partial charge in [-0.1, -0.05) is 41.7 Å². The number of fused-ring (bicyclic) bond motifs is 2. The van der Waals surface area contributed by atoms with Gasteiger partial charge in [0.15, 0.2) is 16.3 Å². The van der Waals surface area contributed by atoms with Crippen LogP contribution in [0.25, 0.3) is 12.2 Å². The zero-order valence-corrected chi connectivity index (χ0v) is 23.6. The first-order valence-corrected chi connectivity index (χ1v) is 14.4. The lowest BCUT2D eigenvalue weighted by Gasteiger charge is -2.31. The van der Waals surface area contributed by atoms with Gasteiger partial charge in [0.2, 0.25) is 6.79 Å². The van der Waals surface area contributed by atoms with Gasteiger partial charge in [-0.05, 0) is 95.6 Å². The molecule has 0 radical (unpaired) electrons. The van der Waals surface area contributed by atoms with Crippen LogP contribution < -0.4 is 33.8 Å². The molecule has 206 valence electrons. The monoisotopic (exact) mass is 564 g/mol. The lowest BCUT2D eigenvalue weighted by molar-refractivity contribution is 0.174. The van der Waals surface area contributed by atoms with E-state index in [0.717, 1.165) is 53.1 Å². The molecule has 1 atom stereocenters. The summed E-state index contributed by atoms with van der Waals surface area (Å²) in [6.45, 7) is 0.209. The zero-order chi connectivity index (χ0) is 27.9. The van der Waals surface area contributed by atoms with E-state index in [2.05, 4.69) is 30.3 Å². The Kier molecular flexibility index (Phi) is 6.47. The molecule has 2 aliphatic heterocycles. The molecule has 0 bridgehead atoms. The van der Waals surface area contributed by atoms with E-state index in [9.17, 15) is 4.79 Å². The minimum absolute atomic E-state index is 0.0509. The average molecular weight is 565 g/mol. The molecule has 8 heteroatoms. The molecule has 3 aromatic carbocycles. The highest BCUT2D eigenvalue weighted by Crippen LogP contribution is 2.41. The fourth-order valence-electron chi connectivity index (χ4n) is 5.70. The summed E-state index contributed by atoms with van der Waals surface area (Å²) in [6, 6.07) is 21.5. The molecule has 0 N–H and O–H groups in total. The molecule has 0 saturated heterocycles. The third-order valence-electron chi connectivity index (χ3n) is 7.72. The van der Waals surface area contributed by atoms with Crippen LogP contribution in [-0.4, -0.2) is 25.6 Å². The van der Waals surface area contributed by atoms with E-state index in [1.807, 2.05) is 53.1 Å². The third-order valence-corrected chi connectivity index (χ3v) is 8.70. The summed E-state index contributed by atoms with van der Waals surface area (Å²) in [5.41, 5.74) is 6.30. The van der Waals surface area contributed by atoms with Crippen molar-refractivity contribution in [2.45, 2.75) is 25.3 Å². The van der Waals surface area contributed by atoms with Crippen molar-refractivity contribution in [2.24, 2.45) is 4.99 Å². The Morgan fingerprint density at radius 2 is 1.59 bits per heavy atom. The van der Waals surface area contributed by atoms with Crippen LogP contribution in [0.5, 0.6) is 23.0 Å². The van der Waals surface area contributed by atoms with E-state index in [0.29, 0.717) is 20.8 Å². The number of thiazole rings is 1. The average Bonchev–Trinajstić information content (AvgIpc) is 3.60. The Morgan fingerprint density at radius 3 is 2.34 bits per heavy atom. The lowest BCUT2D eigenvalue weighted by atomic mass is 9.84. The second-order valence-corrected chi connectivity index (χ2v) is 11.1. The summed E-state index contributed by atoms with van der Waals surface area (Å²) >= 11 is 1.42. The van der Waals surface area contributed by atoms with Gasteiger partial charge in [-0.2, -0.15) is 0 Å². The van der Waals surface area contributed by atoms with Gasteiger partial charge in [0, 0.05) is 0 Å². The number of nitrogens with zero attached hydrogens (tertiary/aromatic N) is 2. The van der Waals surface area contributed by atoms with E-state index in [4.69, 9.17) is 23.9 Å². The Morgan fingerprint density at radius 1 is 0.878 bits per heavy atom. The van der Waals surface area contributed by atoms with Crippen molar-refractivity contribution in [3.8, 4) is 23.0 Å². The van der Waals surface area contributed by atoms with Crippen LogP contribution in [0.3, 0.4) is 0 Å². The number of benzene rings is 3. The molecule has 4 aromatic rings. The van der Waals surface area contributed by atoms with Gasteiger partial charge in [-0.25, -0.2) is 4.99 Å². The van der Waals surface area contributed by atoms with E-state index in [1.165, 1.54) is 22.5 Å². The van der Waals surface area contributed by atoms with Gasteiger partial charge >= 0.3 is 0 Å². The number of rotatable bonds is 5. The van der Waals surface area contributed by atoms with Gasteiger partial charge < -0.3 is 18.9 Å². The number of hydrogen-bond donors (Lipinski definition) is 0. The van der Waals surface area contributed by atoms with Crippen LogP contribution in [0.1, 0.15) is 42.0 Å². The van der Waals surface area contributed by atoms with Crippen LogP contribution in [0.15, 0.2) is 93.4 Å². The molecule has 0 spiro atoms. The van der Waals surface area contributed by atoms with E-state index in [1.54, 1.807) is 14.2 Å². The standard InChI is InChI=1S/C33H28N2O5S/c1-37-24-11-6-20(7-12-24)16-23-4-3-5-26-30(23)34-33-35(31(26)22-9-13-25(38-2)14-10-22)32(36)29(41-33)18-21-8-15-27-28(17-21)40-19-39-27/h6-18,31H,3-5,19H2,1-2H3/b23-16+,29-18+. The highest BCUT2D eigenvalue weighted by Gasteiger charge is 2.32. The molecule has 7 nitrogen and oxygen atoms in total. The Bertz CT molecular complexity index is 1880. The number of methoxy groups -OCH3 is 2. The molecule has 3 heterocycles. The van der Waals surface area contributed by atoms with Gasteiger partial charge in [0.1, 0.15) is 11.5 Å². The molecular weight excluding hydrogens is 536 g/mol. The van der Waals surface area contributed by atoms with E-state index >= 15 is 0 Å². The summed E-state index contributed by atoms with van der Waals surface area (Å²) < 4.78 is 24.2. The summed E-state index contributed by atoms with van der Waals surface area (Å²) in [4.78, 5) is 19.9. The van der Waals surface area contributed by atoms with Crippen molar-refractivity contribution < 1.29 is 18.9 Å². The number of allylic oxidation sites excluding steroid dienone is 2. The molecule has 1 aliphatic carbocycles. The normalized spacial score (nSPS) is 18.6. The molecule has 41 heavy (non-hydrogen) atoms. The van der Waals surface area contributed by atoms with Crippen LogP contribution in [-0.2, 0) is 0 Å². The van der Waals surface area contributed by atoms with Crippen LogP contribution in [0.2, 0.25) is 0 Å². The van der Waals surface area contributed by atoms with Crippen molar-refractivity contribution in [2.75, 3.05) is 21.0 Å². The highest BCUT2D eigenvalue weighted by molar-refractivity contribution is 7.07. The minimum atomic E-state index is -0.245. The SMILES string of the molecule is COc1ccc(/C=C2\CCCC3=C2N=c2s/c(=C/c4ccc5c(c4)OCO5)c(=O)n2C3c2ccc(OC)cc2)cc1. The molecule has 1 aromatic heterocycles. The topological polar surface area (TPSA) is 71.3 Å². The first-order valence-electron chi connectivity index (χ1n) is 13.5. The van der Waals surface area contributed by atoms with Crippen molar-refractivity contribution in [3.63, 3.8) is 0 Å². The molecule has 7 rings (SSSR count). The van der Waals surface area contributed by atoms with Crippen molar-refractivity contribution in [1.29, 1.82) is 0 Å². The molecular formula is C33H28N2O5S. The Hall–Kier alpha value is -4.56. The van der Waals surface area contributed by atoms with Crippen molar-refractivity contribution >= 4 is 23.5 Å². The number of aromatic nitrogens is 1. The fourth-order valence-corrected chi connectivity index (χ4v) is 6.70. The highest BCUT2D eigenvalue weighted by atomic mass is 32.1. The Balaban J connectivity index is 1.40. The van der Waals surface area contributed by atoms with Gasteiger partial charge in [-0.15, -0.1) is 0 Å². The van der Waals surface area contributed by atoms with Gasteiger partial charge in [0.25, 0.3) is 5.56 Å². The van der Waals surface area contributed by atoms with Crippen LogP contribution >= 0.6 is 11.3 Å². The minimum Gasteiger partial charge on any atom is -0.497 e. The lowest BCUT2D eigenvalue weighted by Crippen LogP contribution is -2.39. The van der Waals surface area contributed by atoms with Gasteiger partial charge in [-0.3, -0.25) is 9.36 Å². The Labute approximate surface area is 240 Å². The summed E-state index contributed by atoms with van der Waals surface area (Å²) in [6.07, 6.45) is 6.92. The predicted octanol–water partition coefficient (Wildman–Crippen LogP) is 5.23. The van der Waals surface area contributed by atoms with E-state index in [-0.39, 0.29) is 18.4 Å². The van der Waals surface area contributed by atoms with Crippen molar-refractivity contribution in [1.82, 2.24) is 4.57 Å². The molecule has 0 fully saturated rings. The predicted molar refractivity (Wildman–Crippen MR) is 158 cm³/mol. The third kappa shape index (κ3) is 4.64. The molecule has 0 saturated carbocycles.